The van der Waals surface area contributed by atoms with Gasteiger partial charge in [0.25, 0.3) is 0 Å². The third kappa shape index (κ3) is 4.01. The molecule has 1 aliphatic heterocycles. The van der Waals surface area contributed by atoms with E-state index >= 15 is 0 Å². The molecule has 162 valence electrons. The zero-order chi connectivity index (χ0) is 22.3. The van der Waals surface area contributed by atoms with Gasteiger partial charge in [0.05, 0.1) is 21.8 Å². The van der Waals surface area contributed by atoms with Gasteiger partial charge in [0.15, 0.2) is 9.84 Å². The highest BCUT2D eigenvalue weighted by atomic mass is 32.2. The van der Waals surface area contributed by atoms with Gasteiger partial charge in [-0.1, -0.05) is 19.1 Å². The predicted octanol–water partition coefficient (Wildman–Crippen LogP) is 2.03. The van der Waals surface area contributed by atoms with Gasteiger partial charge in [0.1, 0.15) is 11.6 Å². The fraction of sp³-hybridized carbons (Fsp3) is 0.526. The SMILES string of the molecule is CCC(=O)N1CC(S(=O)(=O)c2ccccc2C(F)(F)F)C[C@H]1C(=O)NC1(C#N)CC1. The van der Waals surface area contributed by atoms with Crippen molar-refractivity contribution in [2.75, 3.05) is 6.54 Å². The fourth-order valence-electron chi connectivity index (χ4n) is 3.59. The van der Waals surface area contributed by atoms with Gasteiger partial charge in [0.2, 0.25) is 11.8 Å². The Morgan fingerprint density at radius 2 is 1.93 bits per heavy atom. The smallest absolute Gasteiger partial charge is 0.336 e. The molecule has 30 heavy (non-hydrogen) atoms. The maximum Gasteiger partial charge on any atom is 0.417 e. The summed E-state index contributed by atoms with van der Waals surface area (Å²) < 4.78 is 66.1. The number of amides is 2. The van der Waals surface area contributed by atoms with Crippen LogP contribution in [0.2, 0.25) is 0 Å². The van der Waals surface area contributed by atoms with Crippen LogP contribution in [0, 0.1) is 11.3 Å². The van der Waals surface area contributed by atoms with E-state index in [1.54, 1.807) is 0 Å². The first-order valence-corrected chi connectivity index (χ1v) is 10.9. The number of benzene rings is 1. The molecular weight excluding hydrogens is 423 g/mol. The Bertz CT molecular complexity index is 1010. The summed E-state index contributed by atoms with van der Waals surface area (Å²) in [6.07, 6.45) is -4.31. The van der Waals surface area contributed by atoms with E-state index in [2.05, 4.69) is 5.32 Å². The summed E-state index contributed by atoms with van der Waals surface area (Å²) in [6, 6.07) is 4.67. The molecule has 11 heteroatoms. The van der Waals surface area contributed by atoms with Crippen LogP contribution in [0.5, 0.6) is 0 Å². The first-order chi connectivity index (χ1) is 13.9. The van der Waals surface area contributed by atoms with E-state index in [4.69, 9.17) is 5.26 Å². The number of carbonyl (C=O) groups excluding carboxylic acids is 2. The molecule has 1 aliphatic carbocycles. The largest absolute Gasteiger partial charge is 0.417 e. The molecule has 2 amide bonds. The van der Waals surface area contributed by atoms with Crippen LogP contribution in [-0.4, -0.2) is 48.5 Å². The fourth-order valence-corrected chi connectivity index (χ4v) is 5.50. The molecule has 0 spiro atoms. The zero-order valence-electron chi connectivity index (χ0n) is 16.1. The Morgan fingerprint density at radius 3 is 2.47 bits per heavy atom. The van der Waals surface area contributed by atoms with E-state index < -0.39 is 61.7 Å². The average molecular weight is 443 g/mol. The van der Waals surface area contributed by atoms with Gasteiger partial charge in [-0.15, -0.1) is 0 Å². The lowest BCUT2D eigenvalue weighted by Gasteiger charge is -2.24. The lowest BCUT2D eigenvalue weighted by Crippen LogP contribution is -2.49. The van der Waals surface area contributed by atoms with E-state index in [9.17, 15) is 31.2 Å². The van der Waals surface area contributed by atoms with Crippen LogP contribution >= 0.6 is 0 Å². The summed E-state index contributed by atoms with van der Waals surface area (Å²) in [5.41, 5.74) is -2.30. The standard InChI is InChI=1S/C19H20F3N3O4S/c1-2-16(26)25-10-12(9-14(25)17(27)24-18(11-23)7-8-18)30(28,29)15-6-4-3-5-13(15)19(20,21)22/h3-6,12,14H,2,7-10H2,1H3,(H,24,27)/t12?,14-/m0/s1. The molecule has 1 saturated carbocycles. The minimum Gasteiger partial charge on any atom is -0.336 e. The minimum atomic E-state index is -4.87. The predicted molar refractivity (Wildman–Crippen MR) is 98.5 cm³/mol. The second-order valence-corrected chi connectivity index (χ2v) is 9.69. The number of nitrogens with zero attached hydrogens (tertiary/aromatic N) is 2. The van der Waals surface area contributed by atoms with E-state index in [1.807, 2.05) is 6.07 Å². The molecule has 2 fully saturated rings. The summed E-state index contributed by atoms with van der Waals surface area (Å²) in [7, 11) is -4.49. The molecule has 0 bridgehead atoms. The van der Waals surface area contributed by atoms with Gasteiger partial charge >= 0.3 is 6.18 Å². The van der Waals surface area contributed by atoms with Crippen molar-refractivity contribution >= 4 is 21.7 Å². The maximum absolute atomic E-state index is 13.3. The summed E-state index contributed by atoms with van der Waals surface area (Å²) in [4.78, 5) is 25.2. The van der Waals surface area contributed by atoms with Crippen LogP contribution < -0.4 is 5.32 Å². The Hall–Kier alpha value is -2.61. The van der Waals surface area contributed by atoms with Crippen molar-refractivity contribution in [2.45, 2.75) is 60.5 Å². The molecule has 7 nitrogen and oxygen atoms in total. The molecule has 1 aromatic rings. The number of hydrogen-bond acceptors (Lipinski definition) is 5. The number of halogens is 3. The summed E-state index contributed by atoms with van der Waals surface area (Å²) in [6.45, 7) is 1.15. The van der Waals surface area contributed by atoms with Crippen LogP contribution in [0.4, 0.5) is 13.2 Å². The number of rotatable bonds is 5. The van der Waals surface area contributed by atoms with E-state index in [0.717, 1.165) is 17.0 Å². The second-order valence-electron chi connectivity index (χ2n) is 7.50. The summed E-state index contributed by atoms with van der Waals surface area (Å²) in [5.74, 6) is -1.16. The molecule has 1 N–H and O–H groups in total. The van der Waals surface area contributed by atoms with E-state index in [0.29, 0.717) is 18.9 Å². The molecule has 0 radical (unpaired) electrons. The Balaban J connectivity index is 1.93. The zero-order valence-corrected chi connectivity index (χ0v) is 16.9. The Kier molecular flexibility index (Phi) is 5.58. The summed E-state index contributed by atoms with van der Waals surface area (Å²) in [5, 5.41) is 10.3. The van der Waals surface area contributed by atoms with Crippen molar-refractivity contribution in [3.8, 4) is 6.07 Å². The summed E-state index contributed by atoms with van der Waals surface area (Å²) >= 11 is 0. The molecule has 2 atom stereocenters. The van der Waals surface area contributed by atoms with E-state index in [1.165, 1.54) is 13.0 Å². The molecule has 1 heterocycles. The normalized spacial score (nSPS) is 23.0. The van der Waals surface area contributed by atoms with Crippen LogP contribution in [0.15, 0.2) is 29.2 Å². The second kappa shape index (κ2) is 7.58. The van der Waals surface area contributed by atoms with Crippen LogP contribution in [0.25, 0.3) is 0 Å². The molecular formula is C19H20F3N3O4S. The monoisotopic (exact) mass is 443 g/mol. The van der Waals surface area contributed by atoms with Crippen LogP contribution in [0.1, 0.15) is 38.2 Å². The lowest BCUT2D eigenvalue weighted by atomic mass is 10.1. The van der Waals surface area contributed by atoms with Crippen molar-refractivity contribution in [3.63, 3.8) is 0 Å². The van der Waals surface area contributed by atoms with Crippen molar-refractivity contribution in [1.82, 2.24) is 10.2 Å². The van der Waals surface area contributed by atoms with E-state index in [-0.39, 0.29) is 12.8 Å². The minimum absolute atomic E-state index is 0.000914. The first-order valence-electron chi connectivity index (χ1n) is 9.38. The number of alkyl halides is 3. The molecule has 2 aliphatic rings. The van der Waals surface area contributed by atoms with Gasteiger partial charge in [-0.25, -0.2) is 8.42 Å². The van der Waals surface area contributed by atoms with Gasteiger partial charge < -0.3 is 10.2 Å². The van der Waals surface area contributed by atoms with Crippen LogP contribution in [0.3, 0.4) is 0 Å². The topological polar surface area (TPSA) is 107 Å². The number of likely N-dealkylation sites (tertiary alicyclic amines) is 1. The highest BCUT2D eigenvalue weighted by Crippen LogP contribution is 2.38. The molecule has 0 aromatic heterocycles. The van der Waals surface area contributed by atoms with Gasteiger partial charge in [0, 0.05) is 13.0 Å². The Morgan fingerprint density at radius 1 is 1.30 bits per heavy atom. The van der Waals surface area contributed by atoms with Crippen molar-refractivity contribution < 1.29 is 31.2 Å². The van der Waals surface area contributed by atoms with Crippen molar-refractivity contribution in [3.05, 3.63) is 29.8 Å². The number of nitriles is 1. The molecule has 1 unspecified atom stereocenters. The van der Waals surface area contributed by atoms with Crippen molar-refractivity contribution in [2.24, 2.45) is 0 Å². The third-order valence-corrected chi connectivity index (χ3v) is 7.64. The third-order valence-electron chi connectivity index (χ3n) is 5.45. The number of nitrogens with one attached hydrogen (secondary N) is 1. The molecule has 1 saturated heterocycles. The van der Waals surface area contributed by atoms with Gasteiger partial charge in [-0.2, -0.15) is 18.4 Å². The average Bonchev–Trinajstić information content (AvgIpc) is 3.32. The number of carbonyl (C=O) groups is 2. The highest BCUT2D eigenvalue weighted by molar-refractivity contribution is 7.92. The van der Waals surface area contributed by atoms with Crippen LogP contribution in [-0.2, 0) is 25.6 Å². The first kappa shape index (κ1) is 22.1. The van der Waals surface area contributed by atoms with Gasteiger partial charge in [-0.3, -0.25) is 9.59 Å². The Labute approximate surface area is 171 Å². The number of hydrogen-bond donors (Lipinski definition) is 1. The molecule has 1 aromatic carbocycles. The molecule has 3 rings (SSSR count). The number of sulfone groups is 1. The maximum atomic E-state index is 13.3. The lowest BCUT2D eigenvalue weighted by molar-refractivity contribution is -0.140. The highest BCUT2D eigenvalue weighted by Gasteiger charge is 2.51. The van der Waals surface area contributed by atoms with Crippen molar-refractivity contribution in [1.29, 1.82) is 5.26 Å². The quantitative estimate of drug-likeness (QED) is 0.749. The van der Waals surface area contributed by atoms with Gasteiger partial charge in [-0.05, 0) is 31.4 Å².